The van der Waals surface area contributed by atoms with E-state index in [1.165, 1.54) is 0 Å². The monoisotopic (exact) mass is 353 g/mol. The maximum absolute atomic E-state index is 4.73. The number of hydrogen-bond acceptors (Lipinski definition) is 8. The summed E-state index contributed by atoms with van der Waals surface area (Å²) in [5.74, 6) is 2.88. The van der Waals surface area contributed by atoms with Crippen LogP contribution in [0.15, 0.2) is 30.0 Å². The molecular weight excluding hydrogens is 334 g/mol. The van der Waals surface area contributed by atoms with E-state index in [-0.39, 0.29) is 0 Å². The molecule has 0 saturated carbocycles. The molecule has 0 aliphatic carbocycles. The molecule has 1 saturated heterocycles. The highest BCUT2D eigenvalue weighted by molar-refractivity contribution is 7.13. The van der Waals surface area contributed by atoms with Crippen molar-refractivity contribution in [2.45, 2.75) is 26.2 Å². The number of nitrogens with one attached hydrogen (secondary N) is 1. The van der Waals surface area contributed by atoms with Gasteiger partial charge in [-0.15, -0.1) is 11.3 Å². The normalized spacial score (nSPS) is 17.0. The molecule has 3 aromatic rings. The Morgan fingerprint density at radius 2 is 2.08 bits per heavy atom. The standard InChI is InChI=1S/C17H19N7S/c1-11-7-14(23-17-21-12(2)10-25-17)22-16(20-11)13-3-6-24(9-13)15-8-18-4-5-19-15/h4-5,7-8,10,13H,3,6,9H2,1-2H3,(H,20,21,22,23)/t13-/m1/s1. The Balaban J connectivity index is 1.52. The van der Waals surface area contributed by atoms with Crippen molar-refractivity contribution < 1.29 is 0 Å². The Labute approximate surface area is 150 Å². The molecule has 8 heteroatoms. The predicted molar refractivity (Wildman–Crippen MR) is 98.5 cm³/mol. The Bertz CT molecular complexity index is 864. The van der Waals surface area contributed by atoms with Crippen molar-refractivity contribution >= 4 is 28.1 Å². The number of anilines is 3. The molecule has 4 heterocycles. The SMILES string of the molecule is Cc1cc(Nc2nc(C)cs2)nc([C@@H]2CCN(c3cnccn3)C2)n1. The van der Waals surface area contributed by atoms with Crippen LogP contribution < -0.4 is 10.2 Å². The number of hydrogen-bond donors (Lipinski definition) is 1. The van der Waals surface area contributed by atoms with Gasteiger partial charge in [0.2, 0.25) is 0 Å². The molecule has 128 valence electrons. The fraction of sp³-hybridized carbons (Fsp3) is 0.353. The van der Waals surface area contributed by atoms with E-state index in [0.717, 1.165) is 53.5 Å². The molecule has 0 radical (unpaired) electrons. The molecule has 0 bridgehead atoms. The van der Waals surface area contributed by atoms with Gasteiger partial charge >= 0.3 is 0 Å². The second kappa shape index (κ2) is 6.72. The Morgan fingerprint density at radius 1 is 1.16 bits per heavy atom. The number of thiazole rings is 1. The van der Waals surface area contributed by atoms with Crippen LogP contribution in [0.2, 0.25) is 0 Å². The van der Waals surface area contributed by atoms with Crippen LogP contribution in [0, 0.1) is 13.8 Å². The van der Waals surface area contributed by atoms with Gasteiger partial charge in [0, 0.05) is 48.5 Å². The van der Waals surface area contributed by atoms with Gasteiger partial charge in [-0.2, -0.15) is 0 Å². The molecule has 1 atom stereocenters. The quantitative estimate of drug-likeness (QED) is 0.772. The molecule has 0 amide bonds. The third-order valence-corrected chi connectivity index (χ3v) is 5.03. The second-order valence-electron chi connectivity index (χ2n) is 6.17. The highest BCUT2D eigenvalue weighted by Crippen LogP contribution is 2.29. The average Bonchev–Trinajstić information content (AvgIpc) is 3.24. The zero-order chi connectivity index (χ0) is 17.2. The van der Waals surface area contributed by atoms with Crippen LogP contribution in [0.4, 0.5) is 16.8 Å². The van der Waals surface area contributed by atoms with E-state index in [2.05, 4.69) is 30.2 Å². The van der Waals surface area contributed by atoms with E-state index in [0.29, 0.717) is 5.92 Å². The van der Waals surface area contributed by atoms with Gasteiger partial charge in [-0.05, 0) is 20.3 Å². The van der Waals surface area contributed by atoms with Crippen molar-refractivity contribution in [3.05, 3.63) is 47.2 Å². The molecule has 25 heavy (non-hydrogen) atoms. The van der Waals surface area contributed by atoms with Crippen molar-refractivity contribution in [2.75, 3.05) is 23.3 Å². The van der Waals surface area contributed by atoms with E-state index >= 15 is 0 Å². The third kappa shape index (κ3) is 3.58. The summed E-state index contributed by atoms with van der Waals surface area (Å²) in [7, 11) is 0. The number of rotatable bonds is 4. The molecule has 1 fully saturated rings. The summed E-state index contributed by atoms with van der Waals surface area (Å²) in [5.41, 5.74) is 1.97. The molecule has 1 aliphatic heterocycles. The van der Waals surface area contributed by atoms with Crippen molar-refractivity contribution in [1.82, 2.24) is 24.9 Å². The topological polar surface area (TPSA) is 79.7 Å². The van der Waals surface area contributed by atoms with Gasteiger partial charge in [-0.25, -0.2) is 19.9 Å². The highest BCUT2D eigenvalue weighted by Gasteiger charge is 2.27. The average molecular weight is 353 g/mol. The first-order valence-electron chi connectivity index (χ1n) is 8.23. The summed E-state index contributed by atoms with van der Waals surface area (Å²) in [6.45, 7) is 5.78. The zero-order valence-electron chi connectivity index (χ0n) is 14.2. The third-order valence-electron chi connectivity index (χ3n) is 4.15. The summed E-state index contributed by atoms with van der Waals surface area (Å²) < 4.78 is 0. The van der Waals surface area contributed by atoms with Crippen LogP contribution in [0.5, 0.6) is 0 Å². The van der Waals surface area contributed by atoms with Crippen molar-refractivity contribution in [1.29, 1.82) is 0 Å². The minimum atomic E-state index is 0.292. The number of nitrogens with zero attached hydrogens (tertiary/aromatic N) is 6. The predicted octanol–water partition coefficient (Wildman–Crippen LogP) is 3.08. The molecule has 0 aromatic carbocycles. The van der Waals surface area contributed by atoms with E-state index < -0.39 is 0 Å². The minimum Gasteiger partial charge on any atom is -0.355 e. The number of aryl methyl sites for hydroxylation is 2. The first kappa shape index (κ1) is 15.9. The van der Waals surface area contributed by atoms with Gasteiger partial charge in [0.15, 0.2) is 5.13 Å². The summed E-state index contributed by atoms with van der Waals surface area (Å²) >= 11 is 1.58. The van der Waals surface area contributed by atoms with Gasteiger partial charge in [-0.3, -0.25) is 4.98 Å². The molecule has 0 spiro atoms. The molecule has 4 rings (SSSR count). The van der Waals surface area contributed by atoms with Crippen LogP contribution in [0.3, 0.4) is 0 Å². The molecule has 0 unspecified atom stereocenters. The number of aromatic nitrogens is 5. The minimum absolute atomic E-state index is 0.292. The van der Waals surface area contributed by atoms with Gasteiger partial charge in [0.25, 0.3) is 0 Å². The van der Waals surface area contributed by atoms with Crippen LogP contribution in [0.1, 0.15) is 29.6 Å². The lowest BCUT2D eigenvalue weighted by molar-refractivity contribution is 0.705. The lowest BCUT2D eigenvalue weighted by Gasteiger charge is -2.16. The van der Waals surface area contributed by atoms with E-state index in [1.54, 1.807) is 29.9 Å². The van der Waals surface area contributed by atoms with Crippen LogP contribution in [-0.4, -0.2) is 38.0 Å². The summed E-state index contributed by atoms with van der Waals surface area (Å²) in [6, 6.07) is 1.95. The molecule has 7 nitrogen and oxygen atoms in total. The molecular formula is C17H19N7S. The van der Waals surface area contributed by atoms with E-state index in [4.69, 9.17) is 4.98 Å². The fourth-order valence-electron chi connectivity index (χ4n) is 2.99. The zero-order valence-corrected chi connectivity index (χ0v) is 15.0. The maximum atomic E-state index is 4.73. The largest absolute Gasteiger partial charge is 0.355 e. The van der Waals surface area contributed by atoms with Gasteiger partial charge in [0.1, 0.15) is 17.5 Å². The molecule has 1 N–H and O–H groups in total. The summed E-state index contributed by atoms with van der Waals surface area (Å²) in [4.78, 5) is 24.6. The van der Waals surface area contributed by atoms with Crippen molar-refractivity contribution in [2.24, 2.45) is 0 Å². The Hall–Kier alpha value is -2.61. The van der Waals surface area contributed by atoms with Crippen LogP contribution >= 0.6 is 11.3 Å². The lowest BCUT2D eigenvalue weighted by atomic mass is 10.1. The Morgan fingerprint density at radius 3 is 2.84 bits per heavy atom. The van der Waals surface area contributed by atoms with Gasteiger partial charge < -0.3 is 10.2 Å². The molecule has 3 aromatic heterocycles. The lowest BCUT2D eigenvalue weighted by Crippen LogP contribution is -2.21. The second-order valence-corrected chi connectivity index (χ2v) is 7.03. The van der Waals surface area contributed by atoms with Crippen LogP contribution in [-0.2, 0) is 0 Å². The maximum Gasteiger partial charge on any atom is 0.188 e. The van der Waals surface area contributed by atoms with Crippen molar-refractivity contribution in [3.8, 4) is 0 Å². The first-order valence-corrected chi connectivity index (χ1v) is 9.11. The van der Waals surface area contributed by atoms with Crippen LogP contribution in [0.25, 0.3) is 0 Å². The summed E-state index contributed by atoms with van der Waals surface area (Å²) in [6.07, 6.45) is 6.23. The van der Waals surface area contributed by atoms with E-state index in [9.17, 15) is 0 Å². The molecule has 1 aliphatic rings. The summed E-state index contributed by atoms with van der Waals surface area (Å²) in [5, 5.41) is 6.17. The highest BCUT2D eigenvalue weighted by atomic mass is 32.1. The van der Waals surface area contributed by atoms with E-state index in [1.807, 2.05) is 25.3 Å². The van der Waals surface area contributed by atoms with Gasteiger partial charge in [-0.1, -0.05) is 0 Å². The first-order chi connectivity index (χ1) is 12.2. The smallest absolute Gasteiger partial charge is 0.188 e. The fourth-order valence-corrected chi connectivity index (χ4v) is 3.69. The Kier molecular flexibility index (Phi) is 4.27. The van der Waals surface area contributed by atoms with Gasteiger partial charge in [0.05, 0.1) is 11.9 Å². The van der Waals surface area contributed by atoms with Crippen molar-refractivity contribution in [3.63, 3.8) is 0 Å².